The molecule has 1 spiro atoms. The van der Waals surface area contributed by atoms with Crippen molar-refractivity contribution in [3.8, 4) is 0 Å². The minimum atomic E-state index is 0.0684. The van der Waals surface area contributed by atoms with Crippen molar-refractivity contribution < 1.29 is 0 Å². The van der Waals surface area contributed by atoms with Crippen molar-refractivity contribution in [2.45, 2.75) is 22.3 Å². The quantitative estimate of drug-likeness (QED) is 0.300. The molecule has 0 amide bonds. The van der Waals surface area contributed by atoms with Crippen LogP contribution in [-0.4, -0.2) is 2.74 Å². The van der Waals surface area contributed by atoms with Crippen molar-refractivity contribution in [3.05, 3.63) is 72.8 Å². The number of fused-ring (bicyclic) bond motifs is 6. The molecule has 0 aromatic heterocycles. The highest BCUT2D eigenvalue weighted by molar-refractivity contribution is 8.50. The maximum absolute atomic E-state index is 2.30. The molecule has 0 radical (unpaired) electrons. The van der Waals surface area contributed by atoms with Crippen LogP contribution in [0.2, 0.25) is 0 Å². The third-order valence-corrected chi connectivity index (χ3v) is 11.3. The fraction of sp³-hybridized carbons (Fsp3) is 0.0476. The summed E-state index contributed by atoms with van der Waals surface area (Å²) >= 11 is 8.09. The maximum Gasteiger partial charge on any atom is 0.171 e. The van der Waals surface area contributed by atoms with Gasteiger partial charge in [-0.15, -0.1) is 0 Å². The highest BCUT2D eigenvalue weighted by Gasteiger charge is 2.47. The zero-order chi connectivity index (χ0) is 16.4. The number of thioether (sulfide) groups is 4. The minimum Gasteiger partial charge on any atom is -0.0842 e. The Kier molecular flexibility index (Phi) is 3.22. The van der Waals surface area contributed by atoms with E-state index >= 15 is 0 Å². The van der Waals surface area contributed by atoms with Gasteiger partial charge < -0.3 is 0 Å². The van der Waals surface area contributed by atoms with E-state index in [1.807, 2.05) is 47.0 Å². The van der Waals surface area contributed by atoms with Crippen molar-refractivity contribution in [2.24, 2.45) is 0 Å². The van der Waals surface area contributed by atoms with Gasteiger partial charge in [0.15, 0.2) is 2.74 Å². The summed E-state index contributed by atoms with van der Waals surface area (Å²) in [7, 11) is 0. The molecule has 6 rings (SSSR count). The average Bonchev–Trinajstić information content (AvgIpc) is 3.21. The molecule has 4 aromatic carbocycles. The monoisotopic (exact) mass is 392 g/mol. The molecule has 4 aromatic rings. The van der Waals surface area contributed by atoms with Gasteiger partial charge in [-0.1, -0.05) is 108 Å². The van der Waals surface area contributed by atoms with Gasteiger partial charge in [-0.3, -0.25) is 0 Å². The second-order valence-electron chi connectivity index (χ2n) is 6.14. The Morgan fingerprint density at radius 3 is 1.48 bits per heavy atom. The normalized spacial score (nSPS) is 17.3. The van der Waals surface area contributed by atoms with E-state index in [0.29, 0.717) is 0 Å². The van der Waals surface area contributed by atoms with Crippen LogP contribution in [0.4, 0.5) is 0 Å². The average molecular weight is 393 g/mol. The van der Waals surface area contributed by atoms with Crippen molar-refractivity contribution >= 4 is 68.6 Å². The summed E-state index contributed by atoms with van der Waals surface area (Å²) in [5, 5.41) is 5.44. The fourth-order valence-electron chi connectivity index (χ4n) is 3.46. The molecule has 120 valence electrons. The van der Waals surface area contributed by atoms with Crippen LogP contribution in [-0.2, 0) is 0 Å². The van der Waals surface area contributed by atoms with E-state index in [1.165, 1.54) is 41.1 Å². The van der Waals surface area contributed by atoms with Gasteiger partial charge in [-0.05, 0) is 33.7 Å². The van der Waals surface area contributed by atoms with E-state index in [-0.39, 0.29) is 2.74 Å². The molecule has 0 unspecified atom stereocenters. The van der Waals surface area contributed by atoms with Crippen LogP contribution >= 0.6 is 47.0 Å². The molecule has 25 heavy (non-hydrogen) atoms. The topological polar surface area (TPSA) is 0 Å². The Labute approximate surface area is 163 Å². The highest BCUT2D eigenvalue weighted by Crippen LogP contribution is 2.75. The Bertz CT molecular complexity index is 1070. The summed E-state index contributed by atoms with van der Waals surface area (Å²) in [6, 6.07) is 26.6. The van der Waals surface area contributed by atoms with E-state index in [1.54, 1.807) is 0 Å². The zero-order valence-corrected chi connectivity index (χ0v) is 16.3. The molecule has 2 heterocycles. The van der Waals surface area contributed by atoms with Gasteiger partial charge in [0.05, 0.1) is 0 Å². The van der Waals surface area contributed by atoms with Gasteiger partial charge >= 0.3 is 0 Å². The van der Waals surface area contributed by atoms with Crippen LogP contribution in [0.25, 0.3) is 21.5 Å². The SMILES string of the molecule is c1ccc2c3c(ccc2c1)SC1(Sc2ccc4ccccc4c2S1)S3. The molecule has 0 aliphatic carbocycles. The van der Waals surface area contributed by atoms with Crippen LogP contribution in [0.15, 0.2) is 92.4 Å². The van der Waals surface area contributed by atoms with Gasteiger partial charge in [-0.2, -0.15) is 0 Å². The molecule has 0 saturated carbocycles. The molecular formula is C21H12S4. The predicted molar refractivity (Wildman–Crippen MR) is 114 cm³/mol. The van der Waals surface area contributed by atoms with Gasteiger partial charge in [0, 0.05) is 19.6 Å². The van der Waals surface area contributed by atoms with Crippen molar-refractivity contribution in [1.82, 2.24) is 0 Å². The third kappa shape index (κ3) is 2.21. The summed E-state index contributed by atoms with van der Waals surface area (Å²) in [5.74, 6) is 0. The molecule has 0 nitrogen and oxygen atoms in total. The molecule has 0 N–H and O–H groups in total. The van der Waals surface area contributed by atoms with Crippen LogP contribution in [0.3, 0.4) is 0 Å². The van der Waals surface area contributed by atoms with E-state index in [9.17, 15) is 0 Å². The van der Waals surface area contributed by atoms with Crippen molar-refractivity contribution in [3.63, 3.8) is 0 Å². The Hall–Kier alpha value is -1.20. The number of hydrogen-bond donors (Lipinski definition) is 0. The summed E-state index contributed by atoms with van der Waals surface area (Å²) in [5.41, 5.74) is 0. The second kappa shape index (κ2) is 5.40. The van der Waals surface area contributed by atoms with E-state index < -0.39 is 0 Å². The number of hydrogen-bond acceptors (Lipinski definition) is 4. The largest absolute Gasteiger partial charge is 0.171 e. The highest BCUT2D eigenvalue weighted by atomic mass is 32.3. The van der Waals surface area contributed by atoms with Crippen LogP contribution in [0.1, 0.15) is 0 Å². The summed E-state index contributed by atoms with van der Waals surface area (Å²) in [4.78, 5) is 5.72. The lowest BCUT2D eigenvalue weighted by atomic mass is 10.1. The van der Waals surface area contributed by atoms with E-state index in [0.717, 1.165) is 0 Å². The molecule has 2 aliphatic rings. The molecule has 2 aliphatic heterocycles. The number of benzene rings is 4. The fourth-order valence-corrected chi connectivity index (χ4v) is 10.7. The van der Waals surface area contributed by atoms with Crippen molar-refractivity contribution in [1.29, 1.82) is 0 Å². The lowest BCUT2D eigenvalue weighted by Gasteiger charge is -2.17. The van der Waals surface area contributed by atoms with Gasteiger partial charge in [0.25, 0.3) is 0 Å². The lowest BCUT2D eigenvalue weighted by Crippen LogP contribution is -1.98. The molecule has 0 bridgehead atoms. The smallest absolute Gasteiger partial charge is 0.0842 e. The first-order chi connectivity index (χ1) is 12.3. The van der Waals surface area contributed by atoms with Gasteiger partial charge in [0.2, 0.25) is 0 Å². The molecule has 0 saturated heterocycles. The molecule has 0 fully saturated rings. The number of rotatable bonds is 0. The molecular weight excluding hydrogens is 380 g/mol. The summed E-state index contributed by atoms with van der Waals surface area (Å²) < 4.78 is 0.0684. The van der Waals surface area contributed by atoms with Gasteiger partial charge in [0.1, 0.15) is 0 Å². The first kappa shape index (κ1) is 14.9. The van der Waals surface area contributed by atoms with E-state index in [2.05, 4.69) is 72.8 Å². The Balaban J connectivity index is 1.48. The second-order valence-corrected chi connectivity index (χ2v) is 12.6. The van der Waals surface area contributed by atoms with Gasteiger partial charge in [-0.25, -0.2) is 0 Å². The molecule has 0 atom stereocenters. The van der Waals surface area contributed by atoms with Crippen molar-refractivity contribution in [2.75, 3.05) is 0 Å². The minimum absolute atomic E-state index is 0.0684. The first-order valence-corrected chi connectivity index (χ1v) is 11.4. The Morgan fingerprint density at radius 1 is 0.480 bits per heavy atom. The summed E-state index contributed by atoms with van der Waals surface area (Å²) in [6.45, 7) is 0. The molecule has 4 heteroatoms. The standard InChI is InChI=1S/C21H12S4/c1-3-7-15-13(5-1)9-11-17-19(15)24-21(22-17)23-18-12-10-14-6-2-4-8-16(14)20(18)25-21/h1-12H. The van der Waals surface area contributed by atoms with Crippen LogP contribution in [0.5, 0.6) is 0 Å². The Morgan fingerprint density at radius 2 is 0.960 bits per heavy atom. The van der Waals surface area contributed by atoms with Crippen LogP contribution in [0, 0.1) is 0 Å². The van der Waals surface area contributed by atoms with E-state index in [4.69, 9.17) is 0 Å². The van der Waals surface area contributed by atoms with Crippen LogP contribution < -0.4 is 0 Å². The predicted octanol–water partition coefficient (Wildman–Crippen LogP) is 7.70. The first-order valence-electron chi connectivity index (χ1n) is 8.11. The summed E-state index contributed by atoms with van der Waals surface area (Å²) in [6.07, 6.45) is 0. The third-order valence-electron chi connectivity index (χ3n) is 4.61. The zero-order valence-electron chi connectivity index (χ0n) is 13.1. The maximum atomic E-state index is 2.30. The lowest BCUT2D eigenvalue weighted by molar-refractivity contribution is 1.32.